The monoisotopic (exact) mass is 211 g/mol. The first kappa shape index (κ1) is 10.1. The van der Waals surface area contributed by atoms with E-state index in [2.05, 4.69) is 4.98 Å². The Balaban J connectivity index is 3.24. The minimum atomic E-state index is -4.49. The molecular formula is C6H5ClF3N3. The number of hydrogen-bond acceptors (Lipinski definition) is 3. The third-order valence-electron chi connectivity index (χ3n) is 1.33. The van der Waals surface area contributed by atoms with Gasteiger partial charge < -0.3 is 5.43 Å². The first-order valence-corrected chi connectivity index (χ1v) is 3.53. The summed E-state index contributed by atoms with van der Waals surface area (Å²) in [5.74, 6) is 4.70. The van der Waals surface area contributed by atoms with Crippen LogP contribution in [0.25, 0.3) is 0 Å². The van der Waals surface area contributed by atoms with E-state index in [-0.39, 0.29) is 5.82 Å². The van der Waals surface area contributed by atoms with Gasteiger partial charge in [-0.1, -0.05) is 11.6 Å². The molecule has 0 amide bonds. The molecule has 0 atom stereocenters. The van der Waals surface area contributed by atoms with Gasteiger partial charge in [-0.15, -0.1) is 0 Å². The molecule has 0 aliphatic carbocycles. The lowest BCUT2D eigenvalue weighted by Crippen LogP contribution is -2.12. The van der Waals surface area contributed by atoms with Gasteiger partial charge in [-0.2, -0.15) is 13.2 Å². The van der Waals surface area contributed by atoms with E-state index in [1.54, 1.807) is 0 Å². The zero-order chi connectivity index (χ0) is 10.1. The number of aromatic nitrogens is 1. The Morgan fingerprint density at radius 1 is 1.46 bits per heavy atom. The number of hydrazine groups is 1. The van der Waals surface area contributed by atoms with E-state index in [9.17, 15) is 13.2 Å². The Morgan fingerprint density at radius 3 is 2.54 bits per heavy atom. The summed E-state index contributed by atoms with van der Waals surface area (Å²) >= 11 is 5.37. The van der Waals surface area contributed by atoms with Gasteiger partial charge >= 0.3 is 6.18 Å². The zero-order valence-corrected chi connectivity index (χ0v) is 6.95. The summed E-state index contributed by atoms with van der Waals surface area (Å²) in [5.41, 5.74) is 1.00. The third-order valence-corrected chi connectivity index (χ3v) is 1.71. The first-order chi connectivity index (χ1) is 5.96. The van der Waals surface area contributed by atoms with Crippen molar-refractivity contribution in [2.24, 2.45) is 5.84 Å². The number of nitrogens with one attached hydrogen (secondary N) is 1. The normalized spacial score (nSPS) is 11.5. The fourth-order valence-electron chi connectivity index (χ4n) is 0.763. The summed E-state index contributed by atoms with van der Waals surface area (Å²) in [7, 11) is 0. The van der Waals surface area contributed by atoms with E-state index in [1.807, 2.05) is 5.43 Å². The lowest BCUT2D eigenvalue weighted by atomic mass is 10.2. The van der Waals surface area contributed by atoms with Crippen LogP contribution in [0, 0.1) is 0 Å². The Morgan fingerprint density at radius 2 is 2.08 bits per heavy atom. The molecule has 0 aliphatic heterocycles. The van der Waals surface area contributed by atoms with Crippen molar-refractivity contribution in [2.75, 3.05) is 5.43 Å². The van der Waals surface area contributed by atoms with Gasteiger partial charge in [-0.05, 0) is 6.07 Å². The average Bonchev–Trinajstić information content (AvgIpc) is 2.02. The maximum absolute atomic E-state index is 12.2. The molecular weight excluding hydrogens is 207 g/mol. The summed E-state index contributed by atoms with van der Waals surface area (Å²) in [6.45, 7) is 0. The van der Waals surface area contributed by atoms with Crippen LogP contribution in [0.2, 0.25) is 5.02 Å². The fourth-order valence-corrected chi connectivity index (χ4v) is 1.04. The van der Waals surface area contributed by atoms with Gasteiger partial charge in [-0.3, -0.25) is 0 Å². The van der Waals surface area contributed by atoms with E-state index in [1.165, 1.54) is 0 Å². The van der Waals surface area contributed by atoms with E-state index < -0.39 is 16.8 Å². The number of rotatable bonds is 1. The molecule has 0 fully saturated rings. The Labute approximate surface area is 76.7 Å². The minimum Gasteiger partial charge on any atom is -0.307 e. The van der Waals surface area contributed by atoms with Crippen LogP contribution in [0.3, 0.4) is 0 Å². The van der Waals surface area contributed by atoms with Gasteiger partial charge in [0.1, 0.15) is 0 Å². The SMILES string of the molecule is NNc1nccc(C(F)(F)F)c1Cl. The number of nitrogen functional groups attached to an aromatic ring is 1. The molecule has 0 radical (unpaired) electrons. The lowest BCUT2D eigenvalue weighted by molar-refractivity contribution is -0.137. The van der Waals surface area contributed by atoms with E-state index in [4.69, 9.17) is 17.4 Å². The largest absolute Gasteiger partial charge is 0.418 e. The Hall–Kier alpha value is -1.01. The molecule has 0 saturated heterocycles. The molecule has 0 spiro atoms. The number of hydrogen-bond donors (Lipinski definition) is 2. The van der Waals surface area contributed by atoms with E-state index >= 15 is 0 Å². The molecule has 7 heteroatoms. The van der Waals surface area contributed by atoms with Crippen LogP contribution in [-0.4, -0.2) is 4.98 Å². The molecule has 3 N–H and O–H groups in total. The number of nitrogens with zero attached hydrogens (tertiary/aromatic N) is 1. The molecule has 0 saturated carbocycles. The lowest BCUT2D eigenvalue weighted by Gasteiger charge is -2.10. The number of anilines is 1. The maximum atomic E-state index is 12.2. The van der Waals surface area contributed by atoms with Crippen LogP contribution in [0.15, 0.2) is 12.3 Å². The van der Waals surface area contributed by atoms with Gasteiger partial charge in [-0.25, -0.2) is 10.8 Å². The fraction of sp³-hybridized carbons (Fsp3) is 0.167. The van der Waals surface area contributed by atoms with Crippen LogP contribution in [-0.2, 0) is 6.18 Å². The third kappa shape index (κ3) is 2.02. The van der Waals surface area contributed by atoms with Crippen molar-refractivity contribution in [1.29, 1.82) is 0 Å². The summed E-state index contributed by atoms with van der Waals surface area (Å²) in [6, 6.07) is 0.781. The zero-order valence-electron chi connectivity index (χ0n) is 6.19. The van der Waals surface area contributed by atoms with Crippen LogP contribution in [0.4, 0.5) is 19.0 Å². The first-order valence-electron chi connectivity index (χ1n) is 3.15. The van der Waals surface area contributed by atoms with Crippen LogP contribution >= 0.6 is 11.6 Å². The van der Waals surface area contributed by atoms with E-state index in [0.717, 1.165) is 12.3 Å². The summed E-state index contributed by atoms with van der Waals surface area (Å²) in [6.07, 6.45) is -3.52. The van der Waals surface area contributed by atoms with Crippen molar-refractivity contribution in [3.63, 3.8) is 0 Å². The number of alkyl halides is 3. The second kappa shape index (κ2) is 3.39. The maximum Gasteiger partial charge on any atom is 0.418 e. The van der Waals surface area contributed by atoms with E-state index in [0.29, 0.717) is 0 Å². The molecule has 0 bridgehead atoms. The molecule has 3 nitrogen and oxygen atoms in total. The highest BCUT2D eigenvalue weighted by molar-refractivity contribution is 6.33. The van der Waals surface area contributed by atoms with Crippen molar-refractivity contribution in [3.05, 3.63) is 22.8 Å². The standard InChI is InChI=1S/C6H5ClF3N3/c7-4-3(6(8,9)10)1-2-12-5(4)13-11/h1-2H,11H2,(H,12,13). The molecule has 72 valence electrons. The van der Waals surface area contributed by atoms with Crippen molar-refractivity contribution in [2.45, 2.75) is 6.18 Å². The summed E-state index contributed by atoms with van der Waals surface area (Å²) in [4.78, 5) is 3.50. The molecule has 0 aliphatic rings. The molecule has 13 heavy (non-hydrogen) atoms. The highest BCUT2D eigenvalue weighted by Crippen LogP contribution is 2.36. The van der Waals surface area contributed by atoms with Gasteiger partial charge in [0.15, 0.2) is 5.82 Å². The number of nitrogens with two attached hydrogens (primary N) is 1. The van der Waals surface area contributed by atoms with Crippen LogP contribution in [0.1, 0.15) is 5.56 Å². The van der Waals surface area contributed by atoms with Crippen LogP contribution in [0.5, 0.6) is 0 Å². The molecule has 1 aromatic heterocycles. The van der Waals surface area contributed by atoms with Crippen molar-refractivity contribution in [3.8, 4) is 0 Å². The summed E-state index contributed by atoms with van der Waals surface area (Å²) in [5, 5.41) is -0.530. The van der Waals surface area contributed by atoms with Crippen molar-refractivity contribution in [1.82, 2.24) is 4.98 Å². The topological polar surface area (TPSA) is 50.9 Å². The van der Waals surface area contributed by atoms with Gasteiger partial charge in [0.2, 0.25) is 0 Å². The highest BCUT2D eigenvalue weighted by atomic mass is 35.5. The van der Waals surface area contributed by atoms with Gasteiger partial charge in [0, 0.05) is 6.20 Å². The quantitative estimate of drug-likeness (QED) is 0.552. The molecule has 0 unspecified atom stereocenters. The minimum absolute atomic E-state index is 0.198. The van der Waals surface area contributed by atoms with Gasteiger partial charge in [0.25, 0.3) is 0 Å². The molecule has 1 rings (SSSR count). The number of halogens is 4. The highest BCUT2D eigenvalue weighted by Gasteiger charge is 2.34. The Bertz CT molecular complexity index is 312. The average molecular weight is 212 g/mol. The van der Waals surface area contributed by atoms with Crippen molar-refractivity contribution >= 4 is 17.4 Å². The molecule has 0 aromatic carbocycles. The predicted molar refractivity (Wildman–Crippen MR) is 42.1 cm³/mol. The number of pyridine rings is 1. The van der Waals surface area contributed by atoms with Crippen LogP contribution < -0.4 is 11.3 Å². The molecule has 1 aromatic rings. The smallest absolute Gasteiger partial charge is 0.307 e. The summed E-state index contributed by atoms with van der Waals surface area (Å²) < 4.78 is 36.6. The molecule has 1 heterocycles. The predicted octanol–water partition coefficient (Wildman–Crippen LogP) is 2.04. The van der Waals surface area contributed by atoms with Crippen molar-refractivity contribution < 1.29 is 13.2 Å². The van der Waals surface area contributed by atoms with Gasteiger partial charge in [0.05, 0.1) is 10.6 Å². The second-order valence-electron chi connectivity index (χ2n) is 2.16. The Kier molecular flexibility index (Phi) is 2.63. The second-order valence-corrected chi connectivity index (χ2v) is 2.54.